The van der Waals surface area contributed by atoms with Crippen LogP contribution in [-0.4, -0.2) is 19.5 Å². The van der Waals surface area contributed by atoms with Crippen molar-refractivity contribution in [3.63, 3.8) is 0 Å². The minimum absolute atomic E-state index is 0.607. The number of rotatable bonds is 1. The maximum atomic E-state index is 6.22. The van der Waals surface area contributed by atoms with Gasteiger partial charge >= 0.3 is 0 Å². The SMILES string of the molecule is Cc1nc(-c2ccccn2)nc2c1c(Br)c(Cl)n2C. The average molecular weight is 338 g/mol. The van der Waals surface area contributed by atoms with E-state index in [0.29, 0.717) is 11.0 Å². The molecule has 0 saturated heterocycles. The fourth-order valence-electron chi connectivity index (χ4n) is 2.01. The van der Waals surface area contributed by atoms with Crippen LogP contribution >= 0.6 is 27.5 Å². The first-order valence-corrected chi connectivity index (χ1v) is 6.86. The predicted octanol–water partition coefficient (Wildman–Crippen LogP) is 3.75. The average Bonchev–Trinajstić information content (AvgIpc) is 2.65. The summed E-state index contributed by atoms with van der Waals surface area (Å²) >= 11 is 9.71. The molecule has 0 N–H and O–H groups in total. The number of aromatic nitrogens is 4. The zero-order chi connectivity index (χ0) is 13.6. The molecule has 3 aromatic rings. The molecule has 0 fully saturated rings. The highest BCUT2D eigenvalue weighted by Crippen LogP contribution is 2.35. The van der Waals surface area contributed by atoms with Crippen molar-refractivity contribution < 1.29 is 0 Å². The lowest BCUT2D eigenvalue weighted by Gasteiger charge is -2.03. The molecule has 6 heteroatoms. The number of halogens is 2. The van der Waals surface area contributed by atoms with Crippen LogP contribution < -0.4 is 0 Å². The van der Waals surface area contributed by atoms with E-state index in [9.17, 15) is 0 Å². The van der Waals surface area contributed by atoms with Crippen LogP contribution in [0.5, 0.6) is 0 Å². The zero-order valence-electron chi connectivity index (χ0n) is 10.4. The van der Waals surface area contributed by atoms with Gasteiger partial charge < -0.3 is 4.57 Å². The number of hydrogen-bond acceptors (Lipinski definition) is 3. The van der Waals surface area contributed by atoms with Crippen molar-refractivity contribution in [2.75, 3.05) is 0 Å². The quantitative estimate of drug-likeness (QED) is 0.679. The minimum Gasteiger partial charge on any atom is -0.318 e. The number of aryl methyl sites for hydroxylation is 2. The van der Waals surface area contributed by atoms with Crippen molar-refractivity contribution in [3.8, 4) is 11.5 Å². The molecule has 96 valence electrons. The second-order valence-electron chi connectivity index (χ2n) is 4.21. The van der Waals surface area contributed by atoms with Crippen molar-refractivity contribution in [2.24, 2.45) is 7.05 Å². The highest BCUT2D eigenvalue weighted by Gasteiger charge is 2.17. The van der Waals surface area contributed by atoms with E-state index in [4.69, 9.17) is 11.6 Å². The van der Waals surface area contributed by atoms with Gasteiger partial charge in [-0.05, 0) is 35.0 Å². The van der Waals surface area contributed by atoms with Gasteiger partial charge in [0.25, 0.3) is 0 Å². The first-order chi connectivity index (χ1) is 9.09. The highest BCUT2D eigenvalue weighted by atomic mass is 79.9. The lowest BCUT2D eigenvalue weighted by Crippen LogP contribution is -1.97. The third kappa shape index (κ3) is 1.93. The molecule has 0 amide bonds. The maximum absolute atomic E-state index is 6.22. The van der Waals surface area contributed by atoms with E-state index in [1.165, 1.54) is 0 Å². The van der Waals surface area contributed by atoms with E-state index < -0.39 is 0 Å². The number of pyridine rings is 1. The molecule has 0 aromatic carbocycles. The highest BCUT2D eigenvalue weighted by molar-refractivity contribution is 9.10. The summed E-state index contributed by atoms with van der Waals surface area (Å²) in [7, 11) is 1.88. The molecule has 0 aliphatic rings. The fourth-order valence-corrected chi connectivity index (χ4v) is 2.92. The van der Waals surface area contributed by atoms with Crippen molar-refractivity contribution in [2.45, 2.75) is 6.92 Å². The van der Waals surface area contributed by atoms with Gasteiger partial charge in [-0.2, -0.15) is 0 Å². The van der Waals surface area contributed by atoms with Crippen LogP contribution in [0.4, 0.5) is 0 Å². The van der Waals surface area contributed by atoms with Gasteiger partial charge in [0.2, 0.25) is 0 Å². The third-order valence-electron chi connectivity index (χ3n) is 2.98. The zero-order valence-corrected chi connectivity index (χ0v) is 12.7. The summed E-state index contributed by atoms with van der Waals surface area (Å²) in [5.41, 5.74) is 2.42. The summed E-state index contributed by atoms with van der Waals surface area (Å²) in [6.07, 6.45) is 1.73. The van der Waals surface area contributed by atoms with Gasteiger partial charge in [0.1, 0.15) is 16.5 Å². The molecule has 3 rings (SSSR count). The van der Waals surface area contributed by atoms with Crippen LogP contribution in [-0.2, 0) is 7.05 Å². The molecular weight excluding hydrogens is 328 g/mol. The number of fused-ring (bicyclic) bond motifs is 1. The Morgan fingerprint density at radius 3 is 2.74 bits per heavy atom. The van der Waals surface area contributed by atoms with E-state index in [0.717, 1.165) is 26.9 Å². The molecular formula is C13H10BrClN4. The van der Waals surface area contributed by atoms with Crippen molar-refractivity contribution in [1.29, 1.82) is 0 Å². The summed E-state index contributed by atoms with van der Waals surface area (Å²) in [6, 6.07) is 5.67. The van der Waals surface area contributed by atoms with Crippen LogP contribution in [0, 0.1) is 6.92 Å². The van der Waals surface area contributed by atoms with Gasteiger partial charge in [0.05, 0.1) is 15.6 Å². The molecule has 4 nitrogen and oxygen atoms in total. The van der Waals surface area contributed by atoms with E-state index in [-0.39, 0.29) is 0 Å². The van der Waals surface area contributed by atoms with E-state index >= 15 is 0 Å². The second-order valence-corrected chi connectivity index (χ2v) is 5.36. The predicted molar refractivity (Wildman–Crippen MR) is 79.2 cm³/mol. The lowest BCUT2D eigenvalue weighted by atomic mass is 10.2. The molecule has 0 aliphatic heterocycles. The molecule has 19 heavy (non-hydrogen) atoms. The van der Waals surface area contributed by atoms with E-state index in [2.05, 4.69) is 30.9 Å². The first kappa shape index (κ1) is 12.6. The molecule has 0 aliphatic carbocycles. The molecule has 3 heterocycles. The van der Waals surface area contributed by atoms with Crippen molar-refractivity contribution in [3.05, 3.63) is 39.7 Å². The Bertz CT molecular complexity index is 767. The second kappa shape index (κ2) is 4.58. The largest absolute Gasteiger partial charge is 0.318 e. The Morgan fingerprint density at radius 1 is 1.26 bits per heavy atom. The van der Waals surface area contributed by atoms with Gasteiger partial charge in [-0.15, -0.1) is 0 Å². The van der Waals surface area contributed by atoms with Crippen molar-refractivity contribution >= 4 is 38.6 Å². The monoisotopic (exact) mass is 336 g/mol. The Labute approximate surface area is 123 Å². The van der Waals surface area contributed by atoms with Crippen LogP contribution in [0.1, 0.15) is 5.69 Å². The minimum atomic E-state index is 0.607. The Balaban J connectivity index is 2.34. The van der Waals surface area contributed by atoms with E-state index in [1.54, 1.807) is 6.20 Å². The number of nitrogens with zero attached hydrogens (tertiary/aromatic N) is 4. The summed E-state index contributed by atoms with van der Waals surface area (Å²) < 4.78 is 2.67. The Hall–Kier alpha value is -1.46. The Morgan fingerprint density at radius 2 is 2.05 bits per heavy atom. The van der Waals surface area contributed by atoms with Gasteiger partial charge in [-0.1, -0.05) is 17.7 Å². The normalized spacial score (nSPS) is 11.2. The van der Waals surface area contributed by atoms with Gasteiger partial charge in [0.15, 0.2) is 5.82 Å². The van der Waals surface area contributed by atoms with Crippen LogP contribution in [0.25, 0.3) is 22.6 Å². The molecule has 0 atom stereocenters. The number of hydrogen-bond donors (Lipinski definition) is 0. The van der Waals surface area contributed by atoms with Gasteiger partial charge in [-0.25, -0.2) is 9.97 Å². The summed E-state index contributed by atoms with van der Waals surface area (Å²) in [5, 5.41) is 1.55. The lowest BCUT2D eigenvalue weighted by molar-refractivity contribution is 0.941. The first-order valence-electron chi connectivity index (χ1n) is 5.69. The molecule has 0 saturated carbocycles. The smallest absolute Gasteiger partial charge is 0.180 e. The fraction of sp³-hybridized carbons (Fsp3) is 0.154. The summed E-state index contributed by atoms with van der Waals surface area (Å²) in [4.78, 5) is 13.4. The Kier molecular flexibility index (Phi) is 3.03. The summed E-state index contributed by atoms with van der Waals surface area (Å²) in [6.45, 7) is 1.94. The molecule has 3 aromatic heterocycles. The topological polar surface area (TPSA) is 43.6 Å². The maximum Gasteiger partial charge on any atom is 0.180 e. The van der Waals surface area contributed by atoms with Crippen molar-refractivity contribution in [1.82, 2.24) is 19.5 Å². The third-order valence-corrected chi connectivity index (χ3v) is 4.42. The van der Waals surface area contributed by atoms with Gasteiger partial charge in [-0.3, -0.25) is 4.98 Å². The molecule has 0 radical (unpaired) electrons. The summed E-state index contributed by atoms with van der Waals surface area (Å²) in [5.74, 6) is 0.607. The standard InChI is InChI=1S/C13H10BrClN4/c1-7-9-10(14)11(15)19(2)13(9)18-12(17-7)8-5-3-4-6-16-8/h3-6H,1-2H3. The van der Waals surface area contributed by atoms with E-state index in [1.807, 2.05) is 36.7 Å². The molecule has 0 bridgehead atoms. The van der Waals surface area contributed by atoms with Gasteiger partial charge in [0, 0.05) is 13.2 Å². The molecule has 0 unspecified atom stereocenters. The van der Waals surface area contributed by atoms with Crippen LogP contribution in [0.3, 0.4) is 0 Å². The van der Waals surface area contributed by atoms with Crippen LogP contribution in [0.15, 0.2) is 28.9 Å². The van der Waals surface area contributed by atoms with Crippen LogP contribution in [0.2, 0.25) is 5.15 Å². The molecule has 0 spiro atoms.